The maximum absolute atomic E-state index is 12.4. The first-order valence-corrected chi connectivity index (χ1v) is 7.28. The number of rotatable bonds is 4. The normalized spacial score (nSPS) is 11.7. The Morgan fingerprint density at radius 1 is 1.21 bits per heavy atom. The van der Waals surface area contributed by atoms with E-state index in [1.54, 1.807) is 4.90 Å². The van der Waals surface area contributed by atoms with Crippen LogP contribution in [0.4, 0.5) is 0 Å². The van der Waals surface area contributed by atoms with Gasteiger partial charge in [-0.25, -0.2) is 0 Å². The van der Waals surface area contributed by atoms with Gasteiger partial charge in [-0.15, -0.1) is 11.6 Å². The van der Waals surface area contributed by atoms with Crippen LogP contribution in [0.2, 0.25) is 0 Å². The molecule has 0 saturated carbocycles. The number of carbonyl (C=O) groups excluding carboxylic acids is 1. The summed E-state index contributed by atoms with van der Waals surface area (Å²) in [5, 5.41) is 0. The fourth-order valence-corrected chi connectivity index (χ4v) is 2.15. The SMILES string of the molecule is CC(C)N(CCCl)C(=O)c1ccc(C(C)(C)C)cc1. The lowest BCUT2D eigenvalue weighted by Crippen LogP contribution is -2.38. The van der Waals surface area contributed by atoms with E-state index in [1.165, 1.54) is 5.56 Å². The Hall–Kier alpha value is -1.02. The molecule has 1 amide bonds. The molecule has 2 nitrogen and oxygen atoms in total. The van der Waals surface area contributed by atoms with Crippen molar-refractivity contribution in [2.24, 2.45) is 0 Å². The second kappa shape index (κ2) is 6.42. The van der Waals surface area contributed by atoms with E-state index in [4.69, 9.17) is 11.6 Å². The topological polar surface area (TPSA) is 20.3 Å². The number of halogens is 1. The molecule has 0 atom stereocenters. The average molecular weight is 282 g/mol. The summed E-state index contributed by atoms with van der Waals surface area (Å²) >= 11 is 5.76. The first-order chi connectivity index (χ1) is 8.77. The Bertz CT molecular complexity index is 417. The molecule has 0 unspecified atom stereocenters. The van der Waals surface area contributed by atoms with Gasteiger partial charge in [0.2, 0.25) is 0 Å². The van der Waals surface area contributed by atoms with E-state index in [1.807, 2.05) is 38.1 Å². The van der Waals surface area contributed by atoms with Gasteiger partial charge in [-0.05, 0) is 37.0 Å². The predicted octanol–water partition coefficient (Wildman–Crippen LogP) is 4.07. The zero-order valence-corrected chi connectivity index (χ0v) is 13.3. The summed E-state index contributed by atoms with van der Waals surface area (Å²) in [4.78, 5) is 14.2. The summed E-state index contributed by atoms with van der Waals surface area (Å²) in [7, 11) is 0. The van der Waals surface area contributed by atoms with Gasteiger partial charge in [0.05, 0.1) is 0 Å². The molecule has 1 aromatic rings. The molecule has 0 radical (unpaired) electrons. The van der Waals surface area contributed by atoms with Crippen LogP contribution >= 0.6 is 11.6 Å². The van der Waals surface area contributed by atoms with Crippen LogP contribution in [0.1, 0.15) is 50.5 Å². The molecule has 3 heteroatoms. The van der Waals surface area contributed by atoms with Crippen molar-refractivity contribution < 1.29 is 4.79 Å². The number of alkyl halides is 1. The zero-order valence-electron chi connectivity index (χ0n) is 12.5. The second-order valence-electron chi connectivity index (χ2n) is 6.11. The molecule has 0 aliphatic carbocycles. The van der Waals surface area contributed by atoms with Crippen LogP contribution in [0.15, 0.2) is 24.3 Å². The smallest absolute Gasteiger partial charge is 0.254 e. The molecule has 0 N–H and O–H groups in total. The van der Waals surface area contributed by atoms with Gasteiger partial charge >= 0.3 is 0 Å². The standard InChI is InChI=1S/C16H24ClNO/c1-12(2)18(11-10-17)15(19)13-6-8-14(9-7-13)16(3,4)5/h6-9,12H,10-11H2,1-5H3. The van der Waals surface area contributed by atoms with Crippen molar-refractivity contribution >= 4 is 17.5 Å². The lowest BCUT2D eigenvalue weighted by Gasteiger charge is -2.26. The van der Waals surface area contributed by atoms with Crippen LogP contribution in [0.5, 0.6) is 0 Å². The summed E-state index contributed by atoms with van der Waals surface area (Å²) in [6.07, 6.45) is 0. The summed E-state index contributed by atoms with van der Waals surface area (Å²) in [5.74, 6) is 0.514. The molecule has 0 aromatic heterocycles. The highest BCUT2D eigenvalue weighted by atomic mass is 35.5. The maximum atomic E-state index is 12.4. The molecule has 0 heterocycles. The minimum atomic E-state index is 0.0520. The highest BCUT2D eigenvalue weighted by Gasteiger charge is 2.19. The van der Waals surface area contributed by atoms with Crippen molar-refractivity contribution in [1.29, 1.82) is 0 Å². The van der Waals surface area contributed by atoms with Crippen molar-refractivity contribution in [1.82, 2.24) is 4.90 Å². The minimum Gasteiger partial charge on any atom is -0.335 e. The Labute approximate surface area is 121 Å². The third-order valence-electron chi connectivity index (χ3n) is 3.21. The van der Waals surface area contributed by atoms with E-state index < -0.39 is 0 Å². The number of hydrogen-bond acceptors (Lipinski definition) is 1. The average Bonchev–Trinajstić information content (AvgIpc) is 2.34. The van der Waals surface area contributed by atoms with Gasteiger partial charge in [0, 0.05) is 24.0 Å². The Kier molecular flexibility index (Phi) is 5.42. The maximum Gasteiger partial charge on any atom is 0.254 e. The van der Waals surface area contributed by atoms with Crippen molar-refractivity contribution in [3.63, 3.8) is 0 Å². The number of amides is 1. The van der Waals surface area contributed by atoms with Crippen LogP contribution in [-0.4, -0.2) is 29.3 Å². The van der Waals surface area contributed by atoms with E-state index >= 15 is 0 Å². The van der Waals surface area contributed by atoms with Crippen molar-refractivity contribution in [2.45, 2.75) is 46.1 Å². The quantitative estimate of drug-likeness (QED) is 0.762. The summed E-state index contributed by atoms with van der Waals surface area (Å²) in [5.41, 5.74) is 2.07. The van der Waals surface area contributed by atoms with Crippen LogP contribution < -0.4 is 0 Å². The van der Waals surface area contributed by atoms with Crippen LogP contribution in [0, 0.1) is 0 Å². The van der Waals surface area contributed by atoms with Gasteiger partial charge in [-0.2, -0.15) is 0 Å². The molecule has 19 heavy (non-hydrogen) atoms. The van der Waals surface area contributed by atoms with E-state index in [9.17, 15) is 4.79 Å². The van der Waals surface area contributed by atoms with Gasteiger partial charge in [-0.3, -0.25) is 4.79 Å². The molecule has 1 aromatic carbocycles. The van der Waals surface area contributed by atoms with Gasteiger partial charge in [0.25, 0.3) is 5.91 Å². The van der Waals surface area contributed by atoms with Crippen LogP contribution in [-0.2, 0) is 5.41 Å². The number of nitrogens with zero attached hydrogens (tertiary/aromatic N) is 1. The van der Waals surface area contributed by atoms with E-state index in [-0.39, 0.29) is 17.4 Å². The molecule has 0 spiro atoms. The largest absolute Gasteiger partial charge is 0.335 e. The van der Waals surface area contributed by atoms with Crippen molar-refractivity contribution in [3.05, 3.63) is 35.4 Å². The lowest BCUT2D eigenvalue weighted by molar-refractivity contribution is 0.0718. The second-order valence-corrected chi connectivity index (χ2v) is 6.49. The highest BCUT2D eigenvalue weighted by Crippen LogP contribution is 2.22. The fourth-order valence-electron chi connectivity index (χ4n) is 1.96. The Morgan fingerprint density at radius 2 is 1.74 bits per heavy atom. The molecule has 1 rings (SSSR count). The van der Waals surface area contributed by atoms with Gasteiger partial charge < -0.3 is 4.90 Å². The van der Waals surface area contributed by atoms with Crippen molar-refractivity contribution in [2.75, 3.05) is 12.4 Å². The van der Waals surface area contributed by atoms with E-state index in [0.717, 1.165) is 5.56 Å². The fraction of sp³-hybridized carbons (Fsp3) is 0.562. The summed E-state index contributed by atoms with van der Waals surface area (Å²) in [6.45, 7) is 11.1. The molecule has 0 bridgehead atoms. The minimum absolute atomic E-state index is 0.0520. The zero-order chi connectivity index (χ0) is 14.6. The number of hydrogen-bond donors (Lipinski definition) is 0. The van der Waals surface area contributed by atoms with Gasteiger partial charge in [0.15, 0.2) is 0 Å². The Morgan fingerprint density at radius 3 is 2.11 bits per heavy atom. The summed E-state index contributed by atoms with van der Waals surface area (Å²) in [6, 6.07) is 8.05. The van der Waals surface area contributed by atoms with Crippen LogP contribution in [0.25, 0.3) is 0 Å². The molecule has 0 aliphatic heterocycles. The van der Waals surface area contributed by atoms with E-state index in [0.29, 0.717) is 12.4 Å². The van der Waals surface area contributed by atoms with Gasteiger partial charge in [0.1, 0.15) is 0 Å². The molecule has 106 valence electrons. The first kappa shape index (κ1) is 16.0. The third-order valence-corrected chi connectivity index (χ3v) is 3.38. The van der Waals surface area contributed by atoms with Crippen molar-refractivity contribution in [3.8, 4) is 0 Å². The van der Waals surface area contributed by atoms with Crippen LogP contribution in [0.3, 0.4) is 0 Å². The predicted molar refractivity (Wildman–Crippen MR) is 82.0 cm³/mol. The lowest BCUT2D eigenvalue weighted by atomic mass is 9.86. The first-order valence-electron chi connectivity index (χ1n) is 6.75. The number of benzene rings is 1. The highest BCUT2D eigenvalue weighted by molar-refractivity contribution is 6.18. The number of carbonyl (C=O) groups is 1. The Balaban J connectivity index is 2.94. The molecule has 0 fully saturated rings. The molecular weight excluding hydrogens is 258 g/mol. The summed E-state index contributed by atoms with van der Waals surface area (Å²) < 4.78 is 0. The monoisotopic (exact) mass is 281 g/mol. The van der Waals surface area contributed by atoms with E-state index in [2.05, 4.69) is 20.8 Å². The molecular formula is C16H24ClNO. The molecule has 0 aliphatic rings. The third kappa shape index (κ3) is 4.24. The van der Waals surface area contributed by atoms with Gasteiger partial charge in [-0.1, -0.05) is 32.9 Å². The molecule has 0 saturated heterocycles.